The van der Waals surface area contributed by atoms with Crippen LogP contribution >= 0.6 is 12.2 Å². The van der Waals surface area contributed by atoms with Gasteiger partial charge in [0, 0.05) is 39.9 Å². The molecule has 0 saturated carbocycles. The van der Waals surface area contributed by atoms with Crippen LogP contribution in [0.15, 0.2) is 63.8 Å². The Kier molecular flexibility index (Phi) is 5.55. The quantitative estimate of drug-likeness (QED) is 0.247. The Bertz CT molecular complexity index is 1440. The van der Waals surface area contributed by atoms with Crippen molar-refractivity contribution in [1.82, 2.24) is 5.32 Å². The minimum atomic E-state index is -1.12. The fourth-order valence-corrected chi connectivity index (χ4v) is 4.09. The van der Waals surface area contributed by atoms with Crippen LogP contribution < -0.4 is 16.1 Å². The molecule has 0 fully saturated rings. The van der Waals surface area contributed by atoms with Crippen molar-refractivity contribution in [2.75, 3.05) is 5.32 Å². The molecule has 2 aliphatic rings. The van der Waals surface area contributed by atoms with Crippen molar-refractivity contribution in [1.29, 1.82) is 0 Å². The van der Waals surface area contributed by atoms with Crippen LogP contribution in [-0.4, -0.2) is 26.8 Å². The van der Waals surface area contributed by atoms with Gasteiger partial charge >= 0.3 is 5.97 Å². The molecule has 4 rings (SSSR count). The third-order valence-corrected chi connectivity index (χ3v) is 5.15. The number of hydrogen-bond donors (Lipinski definition) is 4. The fraction of sp³-hybridized carbons (Fsp3) is 0.160. The molecular weight excluding hydrogens is 440 g/mol. The van der Waals surface area contributed by atoms with E-state index in [-0.39, 0.29) is 22.3 Å². The average Bonchev–Trinajstić information content (AvgIpc) is 2.70. The molecule has 33 heavy (non-hydrogen) atoms. The number of hydrogen-bond acceptors (Lipinski definition) is 5. The first-order valence-electron chi connectivity index (χ1n) is 10.2. The number of carboxylic acids is 1. The topological polar surface area (TPSA) is 112 Å². The number of phenolic OH excluding ortho intramolecular Hbond substituents is 1. The molecule has 0 radical (unpaired) electrons. The Morgan fingerprint density at radius 2 is 1.73 bits per heavy atom. The highest BCUT2D eigenvalue weighted by Crippen LogP contribution is 2.42. The molecule has 0 atom stereocenters. The Labute approximate surface area is 195 Å². The SMILES string of the molecule is CC(C)(C)NC(=S)Nc1ccc(-c2c3ccc(=O)cc-3oc3cc(O)ccc23)c(C(=O)O)c1. The number of aromatic carboxylic acids is 1. The molecule has 0 aromatic heterocycles. The molecule has 2 aromatic rings. The summed E-state index contributed by atoms with van der Waals surface area (Å²) in [7, 11) is 0. The third-order valence-electron chi connectivity index (χ3n) is 4.94. The fourth-order valence-electron chi connectivity index (χ4n) is 3.67. The van der Waals surface area contributed by atoms with E-state index < -0.39 is 5.97 Å². The predicted molar refractivity (Wildman–Crippen MR) is 132 cm³/mol. The van der Waals surface area contributed by atoms with Crippen LogP contribution in [-0.2, 0) is 0 Å². The summed E-state index contributed by atoms with van der Waals surface area (Å²) < 4.78 is 5.85. The first-order chi connectivity index (χ1) is 15.5. The molecule has 1 aliphatic carbocycles. The summed E-state index contributed by atoms with van der Waals surface area (Å²) in [4.78, 5) is 24.2. The van der Waals surface area contributed by atoms with Gasteiger partial charge in [-0.05, 0) is 75.0 Å². The van der Waals surface area contributed by atoms with Gasteiger partial charge in [-0.25, -0.2) is 4.79 Å². The van der Waals surface area contributed by atoms with Crippen molar-refractivity contribution in [3.05, 3.63) is 70.4 Å². The van der Waals surface area contributed by atoms with Crippen molar-refractivity contribution < 1.29 is 19.4 Å². The highest BCUT2D eigenvalue weighted by Gasteiger charge is 2.22. The van der Waals surface area contributed by atoms with Gasteiger partial charge in [-0.1, -0.05) is 6.07 Å². The minimum Gasteiger partial charge on any atom is -0.508 e. The summed E-state index contributed by atoms with van der Waals surface area (Å²) in [6, 6.07) is 13.9. The van der Waals surface area contributed by atoms with Crippen molar-refractivity contribution in [2.45, 2.75) is 26.3 Å². The third kappa shape index (κ3) is 4.65. The Morgan fingerprint density at radius 1 is 1.00 bits per heavy atom. The lowest BCUT2D eigenvalue weighted by Crippen LogP contribution is -2.42. The first-order valence-corrected chi connectivity index (χ1v) is 10.6. The highest BCUT2D eigenvalue weighted by molar-refractivity contribution is 7.80. The van der Waals surface area contributed by atoms with Crippen LogP contribution in [0.2, 0.25) is 0 Å². The van der Waals surface area contributed by atoms with Crippen LogP contribution in [0.3, 0.4) is 0 Å². The molecule has 1 heterocycles. The first kappa shape index (κ1) is 22.3. The number of aromatic hydroxyl groups is 1. The number of anilines is 1. The predicted octanol–water partition coefficient (Wildman–Crippen LogP) is 5.05. The van der Waals surface area contributed by atoms with Gasteiger partial charge in [-0.15, -0.1) is 0 Å². The number of rotatable bonds is 3. The second-order valence-corrected chi connectivity index (χ2v) is 9.12. The summed E-state index contributed by atoms with van der Waals surface area (Å²) in [6.45, 7) is 5.90. The van der Waals surface area contributed by atoms with Crippen LogP contribution in [0.5, 0.6) is 5.75 Å². The minimum absolute atomic E-state index is 0.00676. The van der Waals surface area contributed by atoms with Gasteiger partial charge in [0.1, 0.15) is 17.1 Å². The van der Waals surface area contributed by atoms with Crippen LogP contribution in [0, 0.1) is 0 Å². The molecule has 0 bridgehead atoms. The molecule has 0 spiro atoms. The van der Waals surface area contributed by atoms with Gasteiger partial charge in [0.15, 0.2) is 10.5 Å². The van der Waals surface area contributed by atoms with Gasteiger partial charge < -0.3 is 25.3 Å². The van der Waals surface area contributed by atoms with E-state index in [9.17, 15) is 19.8 Å². The zero-order chi connectivity index (χ0) is 23.9. The highest BCUT2D eigenvalue weighted by atomic mass is 32.1. The maximum absolute atomic E-state index is 12.3. The normalized spacial score (nSPS) is 11.5. The lowest BCUT2D eigenvalue weighted by molar-refractivity contribution is 0.0697. The largest absolute Gasteiger partial charge is 0.508 e. The molecule has 0 amide bonds. The van der Waals surface area contributed by atoms with E-state index in [0.29, 0.717) is 44.2 Å². The molecule has 0 saturated heterocycles. The molecule has 4 N–H and O–H groups in total. The summed E-state index contributed by atoms with van der Waals surface area (Å²) in [5.41, 5.74) is 2.02. The summed E-state index contributed by atoms with van der Waals surface area (Å²) in [5.74, 6) is -0.831. The van der Waals surface area contributed by atoms with Gasteiger partial charge in [-0.2, -0.15) is 0 Å². The molecule has 168 valence electrons. The van der Waals surface area contributed by atoms with E-state index in [0.717, 1.165) is 0 Å². The van der Waals surface area contributed by atoms with Crippen LogP contribution in [0.25, 0.3) is 33.4 Å². The molecule has 0 unspecified atom stereocenters. The standard InChI is InChI=1S/C25H22N2O5S/c1-25(2,3)27-24(33)26-13-4-7-16(19(10-13)23(30)31)22-17-8-5-14(28)11-20(17)32-21-12-15(29)6-9-18(21)22/h4-12,28H,1-3H3,(H,30,31)(H2,26,27,33). The molecule has 8 heteroatoms. The van der Waals surface area contributed by atoms with E-state index in [1.165, 1.54) is 30.3 Å². The van der Waals surface area contributed by atoms with E-state index in [2.05, 4.69) is 10.6 Å². The lowest BCUT2D eigenvalue weighted by Gasteiger charge is -2.23. The zero-order valence-electron chi connectivity index (χ0n) is 18.2. The second kappa shape index (κ2) is 8.22. The van der Waals surface area contributed by atoms with Crippen LogP contribution in [0.1, 0.15) is 31.1 Å². The zero-order valence-corrected chi connectivity index (χ0v) is 19.0. The maximum Gasteiger partial charge on any atom is 0.336 e. The molecule has 2 aromatic carbocycles. The number of phenols is 1. The number of fused-ring (bicyclic) bond motifs is 2. The smallest absolute Gasteiger partial charge is 0.336 e. The lowest BCUT2D eigenvalue weighted by atomic mass is 9.90. The summed E-state index contributed by atoms with van der Waals surface area (Å²) in [5, 5.41) is 27.1. The number of carboxylic acid groups (broad SMARTS) is 1. The van der Waals surface area contributed by atoms with E-state index in [4.69, 9.17) is 16.6 Å². The monoisotopic (exact) mass is 462 g/mol. The molecule has 7 nitrogen and oxygen atoms in total. The van der Waals surface area contributed by atoms with Gasteiger partial charge in [0.05, 0.1) is 5.56 Å². The average molecular weight is 463 g/mol. The van der Waals surface area contributed by atoms with Gasteiger partial charge in [0.25, 0.3) is 0 Å². The summed E-state index contributed by atoms with van der Waals surface area (Å²) >= 11 is 5.33. The second-order valence-electron chi connectivity index (χ2n) is 8.71. The van der Waals surface area contributed by atoms with Crippen molar-refractivity contribution in [3.8, 4) is 28.2 Å². The Hall–Kier alpha value is -3.91. The number of nitrogens with one attached hydrogen (secondary N) is 2. The maximum atomic E-state index is 12.3. The number of benzene rings is 3. The van der Waals surface area contributed by atoms with Gasteiger partial charge in [-0.3, -0.25) is 4.79 Å². The van der Waals surface area contributed by atoms with Gasteiger partial charge in [0.2, 0.25) is 0 Å². The molecular formula is C25H22N2O5S. The van der Waals surface area contributed by atoms with Crippen molar-refractivity contribution in [3.63, 3.8) is 0 Å². The van der Waals surface area contributed by atoms with E-state index >= 15 is 0 Å². The van der Waals surface area contributed by atoms with E-state index in [1.54, 1.807) is 24.3 Å². The number of thiocarbonyl (C=S) groups is 1. The van der Waals surface area contributed by atoms with Crippen LogP contribution in [0.4, 0.5) is 5.69 Å². The van der Waals surface area contributed by atoms with Crippen molar-refractivity contribution >= 4 is 40.0 Å². The van der Waals surface area contributed by atoms with E-state index in [1.807, 2.05) is 20.8 Å². The summed E-state index contributed by atoms with van der Waals surface area (Å²) in [6.07, 6.45) is 0. The van der Waals surface area contributed by atoms with Crippen molar-refractivity contribution in [2.24, 2.45) is 0 Å². The Morgan fingerprint density at radius 3 is 2.42 bits per heavy atom. The molecule has 1 aliphatic heterocycles. The Balaban J connectivity index is 1.93. The number of carbonyl (C=O) groups is 1.